The number of rotatable bonds is 5. The van der Waals surface area contributed by atoms with Crippen LogP contribution in [-0.2, 0) is 13.1 Å². The van der Waals surface area contributed by atoms with Gasteiger partial charge in [-0.3, -0.25) is 4.99 Å². The summed E-state index contributed by atoms with van der Waals surface area (Å²) in [4.78, 5) is 4.27. The zero-order chi connectivity index (χ0) is 17.6. The molecule has 2 aromatic carbocycles. The molecule has 25 heavy (non-hydrogen) atoms. The summed E-state index contributed by atoms with van der Waals surface area (Å²) in [6.07, 6.45) is 0. The van der Waals surface area contributed by atoms with E-state index >= 15 is 0 Å². The number of guanidine groups is 1. The predicted octanol–water partition coefficient (Wildman–Crippen LogP) is 3.62. The molecule has 0 bridgehead atoms. The highest BCUT2D eigenvalue weighted by Crippen LogP contribution is 2.24. The molecule has 0 saturated carbocycles. The summed E-state index contributed by atoms with van der Waals surface area (Å²) in [5.74, 6) is 2.49. The number of hydrogen-bond acceptors (Lipinski definition) is 3. The van der Waals surface area contributed by atoms with E-state index < -0.39 is 0 Å². The van der Waals surface area contributed by atoms with Crippen LogP contribution in [0, 0.1) is 6.92 Å². The molecule has 0 aliphatic rings. The Morgan fingerprint density at radius 2 is 1.76 bits per heavy atom. The third-order valence-corrected chi connectivity index (χ3v) is 4.22. The lowest BCUT2D eigenvalue weighted by Crippen LogP contribution is -2.36. The van der Waals surface area contributed by atoms with Crippen molar-refractivity contribution in [1.29, 1.82) is 0 Å². The topological polar surface area (TPSA) is 58.8 Å². The van der Waals surface area contributed by atoms with E-state index in [0.717, 1.165) is 33.6 Å². The van der Waals surface area contributed by atoms with Crippen molar-refractivity contribution in [2.45, 2.75) is 20.0 Å². The van der Waals surface area contributed by atoms with E-state index in [-0.39, 0.29) is 0 Å². The van der Waals surface area contributed by atoms with Gasteiger partial charge in [0.15, 0.2) is 5.96 Å². The summed E-state index contributed by atoms with van der Waals surface area (Å²) in [5.41, 5.74) is 3.14. The minimum Gasteiger partial charge on any atom is -0.496 e. The van der Waals surface area contributed by atoms with E-state index in [1.165, 1.54) is 0 Å². The quantitative estimate of drug-likeness (QED) is 0.551. The first kappa shape index (κ1) is 16.9. The second-order valence-electron chi connectivity index (χ2n) is 5.74. The lowest BCUT2D eigenvalue weighted by atomic mass is 10.1. The second-order valence-corrected chi connectivity index (χ2v) is 5.74. The predicted molar refractivity (Wildman–Crippen MR) is 101 cm³/mol. The van der Waals surface area contributed by atoms with Gasteiger partial charge >= 0.3 is 0 Å². The summed E-state index contributed by atoms with van der Waals surface area (Å²) in [6, 6.07) is 16.0. The lowest BCUT2D eigenvalue weighted by Gasteiger charge is -2.13. The number of methoxy groups -OCH3 is 1. The average Bonchev–Trinajstić information content (AvgIpc) is 2.98. The molecule has 0 fully saturated rings. The Hall–Kier alpha value is -2.95. The third kappa shape index (κ3) is 3.76. The number of para-hydroxylation sites is 2. The molecule has 5 nitrogen and oxygen atoms in total. The van der Waals surface area contributed by atoms with Gasteiger partial charge < -0.3 is 19.8 Å². The fourth-order valence-electron chi connectivity index (χ4n) is 2.81. The fraction of sp³-hybridized carbons (Fsp3) is 0.250. The zero-order valence-corrected chi connectivity index (χ0v) is 14.8. The number of ether oxygens (including phenoxy) is 1. The van der Waals surface area contributed by atoms with Crippen molar-refractivity contribution < 1.29 is 9.15 Å². The average molecular weight is 337 g/mol. The maximum atomic E-state index is 5.93. The van der Waals surface area contributed by atoms with Crippen LogP contribution >= 0.6 is 0 Å². The number of hydrogen-bond donors (Lipinski definition) is 2. The molecule has 0 saturated heterocycles. The summed E-state index contributed by atoms with van der Waals surface area (Å²) >= 11 is 0. The van der Waals surface area contributed by atoms with Crippen molar-refractivity contribution >= 4 is 16.9 Å². The largest absolute Gasteiger partial charge is 0.496 e. The summed E-state index contributed by atoms with van der Waals surface area (Å²) in [7, 11) is 3.43. The van der Waals surface area contributed by atoms with Crippen LogP contribution in [0.3, 0.4) is 0 Å². The van der Waals surface area contributed by atoms with Crippen molar-refractivity contribution in [2.75, 3.05) is 14.2 Å². The molecule has 130 valence electrons. The van der Waals surface area contributed by atoms with Crippen LogP contribution in [0.25, 0.3) is 11.0 Å². The van der Waals surface area contributed by atoms with Crippen LogP contribution < -0.4 is 15.4 Å². The molecule has 0 radical (unpaired) electrons. The molecule has 0 unspecified atom stereocenters. The third-order valence-electron chi connectivity index (χ3n) is 4.22. The van der Waals surface area contributed by atoms with Crippen LogP contribution in [0.2, 0.25) is 0 Å². The Labute approximate surface area is 147 Å². The number of benzene rings is 2. The minimum atomic E-state index is 0.576. The highest BCUT2D eigenvalue weighted by atomic mass is 16.5. The molecule has 0 aliphatic carbocycles. The van der Waals surface area contributed by atoms with Crippen molar-refractivity contribution in [3.63, 3.8) is 0 Å². The van der Waals surface area contributed by atoms with Gasteiger partial charge in [-0.15, -0.1) is 0 Å². The van der Waals surface area contributed by atoms with Gasteiger partial charge in [0.2, 0.25) is 0 Å². The summed E-state index contributed by atoms with van der Waals surface area (Å²) in [6.45, 7) is 3.28. The van der Waals surface area contributed by atoms with E-state index in [4.69, 9.17) is 9.15 Å². The molecule has 0 amide bonds. The Morgan fingerprint density at radius 1 is 1.04 bits per heavy atom. The molecular formula is C20H23N3O2. The van der Waals surface area contributed by atoms with Crippen molar-refractivity contribution in [3.05, 3.63) is 65.4 Å². The first-order valence-corrected chi connectivity index (χ1v) is 8.26. The maximum Gasteiger partial charge on any atom is 0.191 e. The Bertz CT molecular complexity index is 884. The van der Waals surface area contributed by atoms with Crippen molar-refractivity contribution in [3.8, 4) is 5.75 Å². The van der Waals surface area contributed by atoms with Crippen LogP contribution in [0.4, 0.5) is 0 Å². The molecule has 0 atom stereocenters. The van der Waals surface area contributed by atoms with Crippen molar-refractivity contribution in [2.24, 2.45) is 4.99 Å². The molecule has 3 rings (SSSR count). The van der Waals surface area contributed by atoms with E-state index in [1.807, 2.05) is 42.5 Å². The number of nitrogens with one attached hydrogen (secondary N) is 2. The van der Waals surface area contributed by atoms with Gasteiger partial charge in [0.25, 0.3) is 0 Å². The molecule has 1 heterocycles. The molecule has 2 N–H and O–H groups in total. The van der Waals surface area contributed by atoms with Gasteiger partial charge in [-0.2, -0.15) is 0 Å². The summed E-state index contributed by atoms with van der Waals surface area (Å²) in [5, 5.41) is 7.75. The van der Waals surface area contributed by atoms with E-state index in [9.17, 15) is 0 Å². The first-order valence-electron chi connectivity index (χ1n) is 8.26. The molecule has 5 heteroatoms. The SMILES string of the molecule is CN=C(NCc1ccccc1OC)NCc1oc2ccccc2c1C. The molecule has 0 aliphatic heterocycles. The second kappa shape index (κ2) is 7.75. The van der Waals surface area contributed by atoms with Crippen LogP contribution in [0.1, 0.15) is 16.9 Å². The molecule has 0 spiro atoms. The standard InChI is InChI=1S/C20H23N3O2/c1-14-16-9-5-7-11-18(16)25-19(14)13-23-20(21-2)22-12-15-8-4-6-10-17(15)24-3/h4-11H,12-13H2,1-3H3,(H2,21,22,23). The lowest BCUT2D eigenvalue weighted by molar-refractivity contribution is 0.409. The van der Waals surface area contributed by atoms with E-state index in [1.54, 1.807) is 14.2 Å². The highest BCUT2D eigenvalue weighted by Gasteiger charge is 2.10. The molecule has 3 aromatic rings. The fourth-order valence-corrected chi connectivity index (χ4v) is 2.81. The highest BCUT2D eigenvalue weighted by molar-refractivity contribution is 5.83. The Kier molecular flexibility index (Phi) is 5.23. The Morgan fingerprint density at radius 3 is 2.52 bits per heavy atom. The van der Waals surface area contributed by atoms with Gasteiger partial charge in [-0.25, -0.2) is 0 Å². The zero-order valence-electron chi connectivity index (χ0n) is 14.8. The maximum absolute atomic E-state index is 5.93. The van der Waals surface area contributed by atoms with Gasteiger partial charge in [0, 0.05) is 30.1 Å². The van der Waals surface area contributed by atoms with Gasteiger partial charge in [-0.1, -0.05) is 36.4 Å². The number of nitrogens with zero attached hydrogens (tertiary/aromatic N) is 1. The smallest absolute Gasteiger partial charge is 0.191 e. The monoisotopic (exact) mass is 337 g/mol. The Balaban J connectivity index is 1.63. The van der Waals surface area contributed by atoms with Crippen LogP contribution in [0.5, 0.6) is 5.75 Å². The summed E-state index contributed by atoms with van der Waals surface area (Å²) < 4.78 is 11.3. The van der Waals surface area contributed by atoms with Crippen LogP contribution in [-0.4, -0.2) is 20.1 Å². The number of aryl methyl sites for hydroxylation is 1. The van der Waals surface area contributed by atoms with Gasteiger partial charge in [0.1, 0.15) is 17.1 Å². The van der Waals surface area contributed by atoms with E-state index in [2.05, 4.69) is 28.6 Å². The van der Waals surface area contributed by atoms with Crippen LogP contribution in [0.15, 0.2) is 57.9 Å². The normalized spacial score (nSPS) is 11.6. The van der Waals surface area contributed by atoms with E-state index in [0.29, 0.717) is 19.0 Å². The number of fused-ring (bicyclic) bond motifs is 1. The van der Waals surface area contributed by atoms with Crippen molar-refractivity contribution in [1.82, 2.24) is 10.6 Å². The number of aliphatic imine (C=N–C) groups is 1. The number of furan rings is 1. The van der Waals surface area contributed by atoms with Gasteiger partial charge in [-0.05, 0) is 19.1 Å². The molecule has 1 aromatic heterocycles. The minimum absolute atomic E-state index is 0.576. The van der Waals surface area contributed by atoms with Gasteiger partial charge in [0.05, 0.1) is 13.7 Å². The first-order chi connectivity index (χ1) is 12.2. The molecular weight excluding hydrogens is 314 g/mol.